The number of halogens is 1. The number of likely N-dealkylation sites (tertiary alicyclic amines) is 1. The number of rotatable bonds is 3. The zero-order valence-corrected chi connectivity index (χ0v) is 10.3. The maximum atomic E-state index is 10.9. The Bertz CT molecular complexity index is 245. The topological polar surface area (TPSA) is 37.4 Å². The Morgan fingerprint density at radius 1 is 1.38 bits per heavy atom. The van der Waals surface area contributed by atoms with Crippen molar-refractivity contribution in [1.82, 2.24) is 4.90 Å². The first-order valence-electron chi connectivity index (χ1n) is 4.51. The molecule has 0 bridgehead atoms. The lowest BCUT2D eigenvalue weighted by Crippen LogP contribution is -2.36. The quantitative estimate of drug-likeness (QED) is 0.715. The van der Waals surface area contributed by atoms with Crippen molar-refractivity contribution in [1.29, 1.82) is 0 Å². The largest absolute Gasteiger partial charge is 0.302 e. The van der Waals surface area contributed by atoms with Crippen LogP contribution in [0.5, 0.6) is 0 Å². The van der Waals surface area contributed by atoms with Crippen molar-refractivity contribution < 1.29 is 8.42 Å². The minimum Gasteiger partial charge on any atom is -0.302 e. The summed E-state index contributed by atoms with van der Waals surface area (Å²) in [5, 5.41) is 0. The zero-order valence-electron chi connectivity index (χ0n) is 7.87. The number of nitrogens with zero attached hydrogens (tertiary/aromatic N) is 1. The van der Waals surface area contributed by atoms with Crippen LogP contribution in [0.4, 0.5) is 0 Å². The Balaban J connectivity index is 2.24. The Labute approximate surface area is 88.5 Å². The van der Waals surface area contributed by atoms with Gasteiger partial charge >= 0.3 is 0 Å². The molecule has 0 saturated carbocycles. The van der Waals surface area contributed by atoms with Crippen LogP contribution in [0.25, 0.3) is 0 Å². The molecule has 0 amide bonds. The lowest BCUT2D eigenvalue weighted by molar-refractivity contribution is 0.247. The molecule has 0 atom stereocenters. The van der Waals surface area contributed by atoms with Crippen LogP contribution in [-0.2, 0) is 9.84 Å². The molecule has 5 heteroatoms. The van der Waals surface area contributed by atoms with E-state index in [1.165, 1.54) is 6.26 Å². The van der Waals surface area contributed by atoms with Crippen molar-refractivity contribution in [3.63, 3.8) is 0 Å². The van der Waals surface area contributed by atoms with Gasteiger partial charge in [0.05, 0.1) is 5.75 Å². The minimum atomic E-state index is -2.79. The fraction of sp³-hybridized carbons (Fsp3) is 1.00. The second kappa shape index (κ2) is 4.75. The monoisotopic (exact) mass is 269 g/mol. The van der Waals surface area contributed by atoms with Gasteiger partial charge in [0.2, 0.25) is 0 Å². The molecule has 1 saturated heterocycles. The summed E-state index contributed by atoms with van der Waals surface area (Å²) in [7, 11) is -2.79. The van der Waals surface area contributed by atoms with E-state index in [1.54, 1.807) is 0 Å². The lowest BCUT2D eigenvalue weighted by atomic mass is 10.1. The number of hydrogen-bond acceptors (Lipinski definition) is 3. The van der Waals surface area contributed by atoms with E-state index in [9.17, 15) is 8.42 Å². The molecule has 1 heterocycles. The standard InChI is InChI=1S/C8H16BrNO2S/c1-13(11,12)7-6-10-4-2-8(9)3-5-10/h8H,2-7H2,1H3. The minimum absolute atomic E-state index is 0.292. The van der Waals surface area contributed by atoms with Crippen molar-refractivity contribution in [2.45, 2.75) is 17.7 Å². The molecule has 1 aliphatic rings. The third kappa shape index (κ3) is 4.98. The van der Waals surface area contributed by atoms with Gasteiger partial charge in [-0.05, 0) is 25.9 Å². The Hall–Kier alpha value is 0.390. The summed E-state index contributed by atoms with van der Waals surface area (Å²) in [6.07, 6.45) is 3.55. The molecule has 13 heavy (non-hydrogen) atoms. The van der Waals surface area contributed by atoms with Crippen LogP contribution >= 0.6 is 15.9 Å². The van der Waals surface area contributed by atoms with Crippen LogP contribution in [0.1, 0.15) is 12.8 Å². The molecule has 0 N–H and O–H groups in total. The number of alkyl halides is 1. The third-order valence-electron chi connectivity index (χ3n) is 2.30. The first-order valence-corrected chi connectivity index (χ1v) is 7.49. The fourth-order valence-corrected chi connectivity index (χ4v) is 2.42. The van der Waals surface area contributed by atoms with E-state index in [1.807, 2.05) is 0 Å². The van der Waals surface area contributed by atoms with E-state index in [-0.39, 0.29) is 0 Å². The average molecular weight is 270 g/mol. The van der Waals surface area contributed by atoms with E-state index in [0.29, 0.717) is 17.1 Å². The maximum absolute atomic E-state index is 10.9. The van der Waals surface area contributed by atoms with Crippen molar-refractivity contribution in [3.05, 3.63) is 0 Å². The molecule has 1 fully saturated rings. The molecule has 0 aromatic carbocycles. The normalized spacial score (nSPS) is 22.0. The Morgan fingerprint density at radius 3 is 2.38 bits per heavy atom. The van der Waals surface area contributed by atoms with Crippen LogP contribution in [0.15, 0.2) is 0 Å². The summed E-state index contributed by atoms with van der Waals surface area (Å²) in [5.41, 5.74) is 0. The first-order chi connectivity index (χ1) is 5.97. The van der Waals surface area contributed by atoms with Gasteiger partial charge in [-0.2, -0.15) is 0 Å². The van der Waals surface area contributed by atoms with Crippen molar-refractivity contribution in [2.75, 3.05) is 31.6 Å². The van der Waals surface area contributed by atoms with Gasteiger partial charge in [0.15, 0.2) is 0 Å². The SMILES string of the molecule is CS(=O)(=O)CCN1CCC(Br)CC1. The Morgan fingerprint density at radius 2 is 1.92 bits per heavy atom. The summed E-state index contributed by atoms with van der Waals surface area (Å²) in [6, 6.07) is 0. The van der Waals surface area contributed by atoms with E-state index in [2.05, 4.69) is 20.8 Å². The molecule has 0 aromatic heterocycles. The first kappa shape index (κ1) is 11.5. The summed E-state index contributed by atoms with van der Waals surface area (Å²) in [4.78, 5) is 2.85. The lowest BCUT2D eigenvalue weighted by Gasteiger charge is -2.28. The molecule has 0 aliphatic carbocycles. The van der Waals surface area contributed by atoms with E-state index in [0.717, 1.165) is 25.9 Å². The van der Waals surface area contributed by atoms with Crippen LogP contribution in [0.2, 0.25) is 0 Å². The molecule has 0 aromatic rings. The molecule has 0 radical (unpaired) electrons. The molecule has 0 spiro atoms. The fourth-order valence-electron chi connectivity index (χ4n) is 1.42. The predicted octanol–water partition coefficient (Wildman–Crippen LogP) is 0.890. The van der Waals surface area contributed by atoms with E-state index >= 15 is 0 Å². The molecule has 78 valence electrons. The second-order valence-corrected chi connectivity index (χ2v) is 7.20. The predicted molar refractivity (Wildman–Crippen MR) is 58.1 cm³/mol. The summed E-state index contributed by atoms with van der Waals surface area (Å²) < 4.78 is 21.8. The van der Waals surface area contributed by atoms with Crippen molar-refractivity contribution in [3.8, 4) is 0 Å². The van der Waals surface area contributed by atoms with Crippen LogP contribution in [0, 0.1) is 0 Å². The molecule has 0 unspecified atom stereocenters. The van der Waals surface area contributed by atoms with Gasteiger partial charge in [-0.15, -0.1) is 0 Å². The van der Waals surface area contributed by atoms with Crippen LogP contribution < -0.4 is 0 Å². The molecular formula is C8H16BrNO2S. The van der Waals surface area contributed by atoms with E-state index in [4.69, 9.17) is 0 Å². The number of sulfone groups is 1. The molecule has 1 rings (SSSR count). The highest BCUT2D eigenvalue weighted by molar-refractivity contribution is 9.09. The number of hydrogen-bond donors (Lipinski definition) is 0. The Kier molecular flexibility index (Phi) is 4.19. The van der Waals surface area contributed by atoms with Gasteiger partial charge in [-0.3, -0.25) is 0 Å². The molecule has 3 nitrogen and oxygen atoms in total. The third-order valence-corrected chi connectivity index (χ3v) is 4.14. The zero-order chi connectivity index (χ0) is 9.90. The summed E-state index contributed by atoms with van der Waals surface area (Å²) in [5.74, 6) is 0.292. The summed E-state index contributed by atoms with van der Waals surface area (Å²) in [6.45, 7) is 2.73. The van der Waals surface area contributed by atoms with Crippen LogP contribution in [0.3, 0.4) is 0 Å². The van der Waals surface area contributed by atoms with Gasteiger partial charge < -0.3 is 4.90 Å². The highest BCUT2D eigenvalue weighted by Gasteiger charge is 2.17. The van der Waals surface area contributed by atoms with E-state index < -0.39 is 9.84 Å². The second-order valence-electron chi connectivity index (χ2n) is 3.65. The maximum Gasteiger partial charge on any atom is 0.148 e. The van der Waals surface area contributed by atoms with Gasteiger partial charge in [0.1, 0.15) is 9.84 Å². The van der Waals surface area contributed by atoms with Crippen molar-refractivity contribution >= 4 is 25.8 Å². The van der Waals surface area contributed by atoms with Crippen LogP contribution in [-0.4, -0.2) is 49.8 Å². The highest BCUT2D eigenvalue weighted by Crippen LogP contribution is 2.16. The molecular weight excluding hydrogens is 254 g/mol. The van der Waals surface area contributed by atoms with Gasteiger partial charge in [-0.25, -0.2) is 8.42 Å². The highest BCUT2D eigenvalue weighted by atomic mass is 79.9. The van der Waals surface area contributed by atoms with Crippen molar-refractivity contribution in [2.24, 2.45) is 0 Å². The summed E-state index contributed by atoms with van der Waals surface area (Å²) >= 11 is 3.56. The smallest absolute Gasteiger partial charge is 0.148 e. The van der Waals surface area contributed by atoms with Gasteiger partial charge in [0, 0.05) is 17.6 Å². The number of piperidine rings is 1. The van der Waals surface area contributed by atoms with Gasteiger partial charge in [0.25, 0.3) is 0 Å². The molecule has 1 aliphatic heterocycles. The average Bonchev–Trinajstić information content (AvgIpc) is 2.02. The van der Waals surface area contributed by atoms with Gasteiger partial charge in [-0.1, -0.05) is 15.9 Å².